The molecule has 0 radical (unpaired) electrons. The van der Waals surface area contributed by atoms with Crippen LogP contribution in [0.4, 0.5) is 5.69 Å². The molecule has 0 aliphatic heterocycles. The summed E-state index contributed by atoms with van der Waals surface area (Å²) < 4.78 is 10.5. The maximum atomic E-state index is 12.5. The molecular weight excluding hydrogens is 364 g/mol. The summed E-state index contributed by atoms with van der Waals surface area (Å²) in [7, 11) is 3.17. The minimum atomic E-state index is -0.0679. The van der Waals surface area contributed by atoms with E-state index in [1.165, 1.54) is 16.3 Å². The number of benzene rings is 3. The van der Waals surface area contributed by atoms with Crippen LogP contribution in [0.15, 0.2) is 60.7 Å². The molecular formula is C24H28N2O3. The maximum Gasteiger partial charge on any atom is 0.226 e. The lowest BCUT2D eigenvalue weighted by atomic mass is 10.0. The van der Waals surface area contributed by atoms with Crippen molar-refractivity contribution in [1.82, 2.24) is 5.32 Å². The zero-order chi connectivity index (χ0) is 20.6. The van der Waals surface area contributed by atoms with E-state index in [-0.39, 0.29) is 11.9 Å². The number of fused-ring (bicyclic) bond motifs is 1. The molecule has 0 saturated carbocycles. The Kier molecular flexibility index (Phi) is 7.09. The number of anilines is 1. The standard InChI is InChI=1S/C24H28N2O3/c1-17(15-24(27)26-22-16-20(28-2)11-12-23(22)29-3)25-14-13-19-9-6-8-18-7-4-5-10-21(18)19/h4-12,16-17,25H,13-15H2,1-3H3,(H,26,27). The fourth-order valence-corrected chi connectivity index (χ4v) is 3.43. The van der Waals surface area contributed by atoms with Crippen LogP contribution in [0.2, 0.25) is 0 Å². The minimum absolute atomic E-state index is 0.0570. The molecule has 2 N–H and O–H groups in total. The number of carbonyl (C=O) groups excluding carboxylic acids is 1. The van der Waals surface area contributed by atoms with Gasteiger partial charge in [0.15, 0.2) is 0 Å². The smallest absolute Gasteiger partial charge is 0.226 e. The van der Waals surface area contributed by atoms with Crippen molar-refractivity contribution in [2.75, 3.05) is 26.1 Å². The minimum Gasteiger partial charge on any atom is -0.497 e. The Labute approximate surface area is 172 Å². The predicted octanol–water partition coefficient (Wildman–Crippen LogP) is 4.41. The summed E-state index contributed by atoms with van der Waals surface area (Å²) in [5.74, 6) is 1.21. The Morgan fingerprint density at radius 2 is 1.79 bits per heavy atom. The second-order valence-corrected chi connectivity index (χ2v) is 7.06. The van der Waals surface area contributed by atoms with E-state index >= 15 is 0 Å². The first-order valence-corrected chi connectivity index (χ1v) is 9.82. The quantitative estimate of drug-likeness (QED) is 0.566. The van der Waals surface area contributed by atoms with Gasteiger partial charge in [0.25, 0.3) is 0 Å². The highest BCUT2D eigenvalue weighted by atomic mass is 16.5. The van der Waals surface area contributed by atoms with E-state index in [1.54, 1.807) is 32.4 Å². The third-order valence-corrected chi connectivity index (χ3v) is 4.94. The average molecular weight is 392 g/mol. The van der Waals surface area contributed by atoms with Crippen LogP contribution in [0.25, 0.3) is 10.8 Å². The Bertz CT molecular complexity index is 966. The van der Waals surface area contributed by atoms with Crippen molar-refractivity contribution in [3.63, 3.8) is 0 Å². The Morgan fingerprint density at radius 1 is 1.00 bits per heavy atom. The van der Waals surface area contributed by atoms with E-state index in [1.807, 2.05) is 6.92 Å². The summed E-state index contributed by atoms with van der Waals surface area (Å²) >= 11 is 0. The van der Waals surface area contributed by atoms with Crippen LogP contribution < -0.4 is 20.1 Å². The summed E-state index contributed by atoms with van der Waals surface area (Å²) in [4.78, 5) is 12.5. The number of amides is 1. The van der Waals surface area contributed by atoms with E-state index in [0.717, 1.165) is 13.0 Å². The molecule has 29 heavy (non-hydrogen) atoms. The Hall–Kier alpha value is -3.05. The molecule has 1 amide bonds. The zero-order valence-corrected chi connectivity index (χ0v) is 17.2. The second kappa shape index (κ2) is 9.94. The van der Waals surface area contributed by atoms with Crippen molar-refractivity contribution in [3.05, 3.63) is 66.2 Å². The van der Waals surface area contributed by atoms with Crippen LogP contribution in [0.1, 0.15) is 18.9 Å². The van der Waals surface area contributed by atoms with Gasteiger partial charge in [-0.15, -0.1) is 0 Å². The van der Waals surface area contributed by atoms with E-state index < -0.39 is 0 Å². The van der Waals surface area contributed by atoms with Gasteiger partial charge in [-0.25, -0.2) is 0 Å². The number of carbonyl (C=O) groups is 1. The van der Waals surface area contributed by atoms with Crippen LogP contribution in [0.3, 0.4) is 0 Å². The van der Waals surface area contributed by atoms with Gasteiger partial charge in [0, 0.05) is 18.5 Å². The molecule has 0 aliphatic carbocycles. The summed E-state index contributed by atoms with van der Waals surface area (Å²) in [6, 6.07) is 20.2. The second-order valence-electron chi connectivity index (χ2n) is 7.06. The first-order valence-electron chi connectivity index (χ1n) is 9.82. The van der Waals surface area contributed by atoms with E-state index in [9.17, 15) is 4.79 Å². The first kappa shape index (κ1) is 20.7. The molecule has 1 unspecified atom stereocenters. The molecule has 3 aromatic carbocycles. The fraction of sp³-hybridized carbons (Fsp3) is 0.292. The number of hydrogen-bond acceptors (Lipinski definition) is 4. The monoisotopic (exact) mass is 392 g/mol. The number of nitrogens with one attached hydrogen (secondary N) is 2. The molecule has 1 atom stereocenters. The largest absolute Gasteiger partial charge is 0.497 e. The molecule has 0 spiro atoms. The van der Waals surface area contributed by atoms with Crippen LogP contribution >= 0.6 is 0 Å². The lowest BCUT2D eigenvalue weighted by Crippen LogP contribution is -2.32. The number of hydrogen-bond donors (Lipinski definition) is 2. The predicted molar refractivity (Wildman–Crippen MR) is 118 cm³/mol. The van der Waals surface area contributed by atoms with Crippen LogP contribution in [0, 0.1) is 0 Å². The summed E-state index contributed by atoms with van der Waals surface area (Å²) in [5, 5.41) is 8.90. The van der Waals surface area contributed by atoms with Crippen molar-refractivity contribution in [1.29, 1.82) is 0 Å². The third-order valence-electron chi connectivity index (χ3n) is 4.94. The van der Waals surface area contributed by atoms with Crippen molar-refractivity contribution in [2.45, 2.75) is 25.8 Å². The van der Waals surface area contributed by atoms with Crippen LogP contribution in [-0.4, -0.2) is 32.7 Å². The van der Waals surface area contributed by atoms with Gasteiger partial charge >= 0.3 is 0 Å². The van der Waals surface area contributed by atoms with Gasteiger partial charge in [0.2, 0.25) is 5.91 Å². The Morgan fingerprint density at radius 3 is 2.59 bits per heavy atom. The molecule has 0 fully saturated rings. The van der Waals surface area contributed by atoms with Gasteiger partial charge in [-0.2, -0.15) is 0 Å². The topological polar surface area (TPSA) is 59.6 Å². The van der Waals surface area contributed by atoms with Gasteiger partial charge in [-0.3, -0.25) is 4.79 Å². The highest BCUT2D eigenvalue weighted by molar-refractivity contribution is 5.93. The molecule has 0 saturated heterocycles. The van der Waals surface area contributed by atoms with Gasteiger partial charge in [-0.1, -0.05) is 42.5 Å². The van der Waals surface area contributed by atoms with Crippen molar-refractivity contribution >= 4 is 22.4 Å². The number of rotatable bonds is 9. The van der Waals surface area contributed by atoms with Crippen molar-refractivity contribution in [2.24, 2.45) is 0 Å². The maximum absolute atomic E-state index is 12.5. The molecule has 3 aromatic rings. The van der Waals surface area contributed by atoms with Gasteiger partial charge in [-0.05, 0) is 48.4 Å². The SMILES string of the molecule is COc1ccc(OC)c(NC(=O)CC(C)NCCc2cccc3ccccc23)c1. The van der Waals surface area contributed by atoms with Gasteiger partial charge in [0.1, 0.15) is 11.5 Å². The van der Waals surface area contributed by atoms with Crippen molar-refractivity contribution in [3.8, 4) is 11.5 Å². The molecule has 0 aliphatic rings. The highest BCUT2D eigenvalue weighted by Crippen LogP contribution is 2.29. The number of methoxy groups -OCH3 is 2. The van der Waals surface area contributed by atoms with Crippen molar-refractivity contribution < 1.29 is 14.3 Å². The molecule has 0 heterocycles. The summed E-state index contributed by atoms with van der Waals surface area (Å²) in [6.07, 6.45) is 1.28. The van der Waals surface area contributed by atoms with E-state index in [4.69, 9.17) is 9.47 Å². The van der Waals surface area contributed by atoms with Gasteiger partial charge < -0.3 is 20.1 Å². The molecule has 3 rings (SSSR count). The molecule has 0 aromatic heterocycles. The number of ether oxygens (including phenoxy) is 2. The normalized spacial score (nSPS) is 11.8. The van der Waals surface area contributed by atoms with E-state index in [0.29, 0.717) is 23.6 Å². The third kappa shape index (κ3) is 5.48. The Balaban J connectivity index is 1.52. The summed E-state index contributed by atoms with van der Waals surface area (Å²) in [6.45, 7) is 2.83. The van der Waals surface area contributed by atoms with Crippen LogP contribution in [0.5, 0.6) is 11.5 Å². The molecule has 5 nitrogen and oxygen atoms in total. The average Bonchev–Trinajstić information content (AvgIpc) is 2.73. The highest BCUT2D eigenvalue weighted by Gasteiger charge is 2.12. The van der Waals surface area contributed by atoms with E-state index in [2.05, 4.69) is 53.1 Å². The zero-order valence-electron chi connectivity index (χ0n) is 17.2. The first-order chi connectivity index (χ1) is 14.1. The lowest BCUT2D eigenvalue weighted by Gasteiger charge is -2.16. The molecule has 152 valence electrons. The fourth-order valence-electron chi connectivity index (χ4n) is 3.43. The lowest BCUT2D eigenvalue weighted by molar-refractivity contribution is -0.116. The van der Waals surface area contributed by atoms with Gasteiger partial charge in [0.05, 0.1) is 19.9 Å². The molecule has 5 heteroatoms. The summed E-state index contributed by atoms with van der Waals surface area (Å²) in [5.41, 5.74) is 1.92. The van der Waals surface area contributed by atoms with Crippen LogP contribution in [-0.2, 0) is 11.2 Å². The molecule has 0 bridgehead atoms.